The summed E-state index contributed by atoms with van der Waals surface area (Å²) < 4.78 is 0. The molecule has 0 radical (unpaired) electrons. The number of thioether (sulfide) groups is 1. The van der Waals surface area contributed by atoms with Crippen molar-refractivity contribution < 1.29 is 5.11 Å². The van der Waals surface area contributed by atoms with Crippen molar-refractivity contribution in [1.29, 1.82) is 0 Å². The van der Waals surface area contributed by atoms with Crippen molar-refractivity contribution in [3.63, 3.8) is 0 Å². The van der Waals surface area contributed by atoms with Gasteiger partial charge in [0, 0.05) is 27.0 Å². The number of aliphatic imine (C=N–C) groups is 1. The summed E-state index contributed by atoms with van der Waals surface area (Å²) in [4.78, 5) is 7.27. The zero-order valence-corrected chi connectivity index (χ0v) is 14.0. The molecule has 4 heteroatoms. The molecule has 1 aliphatic rings. The first-order chi connectivity index (χ1) is 11.3. The van der Waals surface area contributed by atoms with Crippen molar-refractivity contribution in [1.82, 2.24) is 0 Å². The Labute approximate surface area is 143 Å². The summed E-state index contributed by atoms with van der Waals surface area (Å²) in [7, 11) is 0. The van der Waals surface area contributed by atoms with E-state index < -0.39 is 0 Å². The zero-order valence-electron chi connectivity index (χ0n) is 12.3. The molecule has 2 heterocycles. The van der Waals surface area contributed by atoms with Gasteiger partial charge in [-0.25, -0.2) is 0 Å². The van der Waals surface area contributed by atoms with Crippen LogP contribution < -0.4 is 0 Å². The van der Waals surface area contributed by atoms with Gasteiger partial charge in [-0.15, -0.1) is 23.1 Å². The molecule has 2 aromatic carbocycles. The van der Waals surface area contributed by atoms with Gasteiger partial charge in [0.1, 0.15) is 5.75 Å². The van der Waals surface area contributed by atoms with Gasteiger partial charge in [0.05, 0.1) is 11.4 Å². The first kappa shape index (κ1) is 14.5. The number of para-hydroxylation sites is 2. The Kier molecular flexibility index (Phi) is 3.93. The molecule has 23 heavy (non-hydrogen) atoms. The Hall–Kier alpha value is -2.04. The summed E-state index contributed by atoms with van der Waals surface area (Å²) in [5, 5.41) is 12.5. The fraction of sp³-hybridized carbons (Fsp3) is 0.105. The van der Waals surface area contributed by atoms with Crippen molar-refractivity contribution >= 4 is 34.5 Å². The Morgan fingerprint density at radius 1 is 0.957 bits per heavy atom. The molecule has 0 saturated carbocycles. The fourth-order valence-corrected chi connectivity index (χ4v) is 4.73. The number of rotatable bonds is 2. The van der Waals surface area contributed by atoms with Crippen LogP contribution in [0.2, 0.25) is 0 Å². The zero-order chi connectivity index (χ0) is 15.6. The van der Waals surface area contributed by atoms with E-state index in [1.54, 1.807) is 29.2 Å². The van der Waals surface area contributed by atoms with Crippen LogP contribution in [0.4, 0.5) is 5.69 Å². The van der Waals surface area contributed by atoms with Gasteiger partial charge < -0.3 is 5.11 Å². The lowest BCUT2D eigenvalue weighted by molar-refractivity contribution is 0.468. The van der Waals surface area contributed by atoms with Crippen LogP contribution in [0.15, 0.2) is 75.9 Å². The normalized spacial score (nSPS) is 17.2. The summed E-state index contributed by atoms with van der Waals surface area (Å²) >= 11 is 3.49. The minimum Gasteiger partial charge on any atom is -0.508 e. The van der Waals surface area contributed by atoms with Crippen molar-refractivity contribution in [2.45, 2.75) is 16.6 Å². The average Bonchev–Trinajstić information content (AvgIpc) is 3.03. The maximum absolute atomic E-state index is 10.3. The SMILES string of the molecule is Oc1ccccc1[C@H]1CC(c2cccs2)=Nc2ccccc2S1. The highest BCUT2D eigenvalue weighted by molar-refractivity contribution is 7.99. The van der Waals surface area contributed by atoms with Crippen molar-refractivity contribution in [3.05, 3.63) is 76.5 Å². The highest BCUT2D eigenvalue weighted by Gasteiger charge is 2.24. The van der Waals surface area contributed by atoms with Gasteiger partial charge in [0.15, 0.2) is 0 Å². The van der Waals surface area contributed by atoms with Crippen LogP contribution in [0, 0.1) is 0 Å². The second kappa shape index (κ2) is 6.22. The molecule has 2 nitrogen and oxygen atoms in total. The summed E-state index contributed by atoms with van der Waals surface area (Å²) in [6.45, 7) is 0. The molecule has 1 aromatic heterocycles. The van der Waals surface area contributed by atoms with E-state index in [0.29, 0.717) is 5.75 Å². The van der Waals surface area contributed by atoms with Crippen LogP contribution in [0.1, 0.15) is 22.1 Å². The van der Waals surface area contributed by atoms with Crippen LogP contribution in [-0.4, -0.2) is 10.8 Å². The Balaban J connectivity index is 1.82. The maximum atomic E-state index is 10.3. The fourth-order valence-electron chi connectivity index (χ4n) is 2.74. The van der Waals surface area contributed by atoms with Gasteiger partial charge in [-0.05, 0) is 29.6 Å². The molecule has 0 saturated heterocycles. The molecule has 1 N–H and O–H groups in total. The van der Waals surface area contributed by atoms with Crippen LogP contribution in [0.3, 0.4) is 0 Å². The lowest BCUT2D eigenvalue weighted by Crippen LogP contribution is -2.03. The molecule has 0 unspecified atom stereocenters. The molecule has 0 bridgehead atoms. The number of fused-ring (bicyclic) bond motifs is 1. The van der Waals surface area contributed by atoms with Gasteiger partial charge in [-0.3, -0.25) is 4.99 Å². The Bertz CT molecular complexity index is 855. The predicted molar refractivity (Wildman–Crippen MR) is 98.3 cm³/mol. The van der Waals surface area contributed by atoms with E-state index in [2.05, 4.69) is 29.6 Å². The van der Waals surface area contributed by atoms with Gasteiger partial charge >= 0.3 is 0 Å². The van der Waals surface area contributed by atoms with Crippen molar-refractivity contribution in [2.24, 2.45) is 4.99 Å². The van der Waals surface area contributed by atoms with E-state index >= 15 is 0 Å². The second-order valence-electron chi connectivity index (χ2n) is 5.37. The van der Waals surface area contributed by atoms with Gasteiger partial charge in [0.25, 0.3) is 0 Å². The van der Waals surface area contributed by atoms with Crippen LogP contribution in [-0.2, 0) is 0 Å². The van der Waals surface area contributed by atoms with Crippen molar-refractivity contribution in [2.75, 3.05) is 0 Å². The third kappa shape index (κ3) is 2.92. The summed E-state index contributed by atoms with van der Waals surface area (Å²) in [6.07, 6.45) is 0.803. The van der Waals surface area contributed by atoms with E-state index in [4.69, 9.17) is 4.99 Å². The van der Waals surface area contributed by atoms with Crippen LogP contribution in [0.5, 0.6) is 5.75 Å². The number of phenolic OH excluding ortho intramolecular Hbond substituents is 1. The van der Waals surface area contributed by atoms with Gasteiger partial charge in [-0.1, -0.05) is 36.4 Å². The molecule has 0 spiro atoms. The van der Waals surface area contributed by atoms with Crippen LogP contribution >= 0.6 is 23.1 Å². The lowest BCUT2D eigenvalue weighted by atomic mass is 10.0. The number of hydrogen-bond acceptors (Lipinski definition) is 4. The Morgan fingerprint density at radius 2 is 1.78 bits per heavy atom. The molecule has 1 aliphatic heterocycles. The van der Waals surface area contributed by atoms with Gasteiger partial charge in [-0.2, -0.15) is 0 Å². The van der Waals surface area contributed by atoms with E-state index in [-0.39, 0.29) is 5.25 Å². The highest BCUT2D eigenvalue weighted by Crippen LogP contribution is 2.47. The minimum absolute atomic E-state index is 0.153. The number of nitrogens with zero attached hydrogens (tertiary/aromatic N) is 1. The van der Waals surface area contributed by atoms with E-state index in [1.165, 1.54) is 4.88 Å². The third-order valence-corrected chi connectivity index (χ3v) is 6.08. The molecular formula is C19H15NOS2. The summed E-state index contributed by atoms with van der Waals surface area (Å²) in [6, 6.07) is 20.0. The van der Waals surface area contributed by atoms with E-state index in [9.17, 15) is 5.11 Å². The predicted octanol–water partition coefficient (Wildman–Crippen LogP) is 5.81. The first-order valence-electron chi connectivity index (χ1n) is 7.46. The van der Waals surface area contributed by atoms with Crippen LogP contribution in [0.25, 0.3) is 0 Å². The summed E-state index contributed by atoms with van der Waals surface area (Å²) in [5.74, 6) is 0.356. The minimum atomic E-state index is 0.153. The molecule has 0 fully saturated rings. The Morgan fingerprint density at radius 3 is 2.61 bits per heavy atom. The highest BCUT2D eigenvalue weighted by atomic mass is 32.2. The molecule has 4 rings (SSSR count). The van der Waals surface area contributed by atoms with Gasteiger partial charge in [0.2, 0.25) is 0 Å². The first-order valence-corrected chi connectivity index (χ1v) is 9.22. The second-order valence-corrected chi connectivity index (χ2v) is 7.57. The van der Waals surface area contributed by atoms with E-state index in [1.807, 2.05) is 30.3 Å². The topological polar surface area (TPSA) is 32.6 Å². The smallest absolute Gasteiger partial charge is 0.119 e. The number of benzene rings is 2. The molecule has 3 aromatic rings. The molecule has 1 atom stereocenters. The third-order valence-electron chi connectivity index (χ3n) is 3.86. The number of phenols is 1. The number of aromatic hydroxyl groups is 1. The molecular weight excluding hydrogens is 322 g/mol. The lowest BCUT2D eigenvalue weighted by Gasteiger charge is -2.16. The number of thiophene rings is 1. The summed E-state index contributed by atoms with van der Waals surface area (Å²) in [5.41, 5.74) is 3.07. The standard InChI is InChI=1S/C19H15NOS2/c21-16-8-3-1-6-13(16)19-12-15(17-10-5-11-22-17)20-14-7-2-4-9-18(14)23-19/h1-11,19,21H,12H2/t19-/m1/s1. The van der Waals surface area contributed by atoms with E-state index in [0.717, 1.165) is 28.3 Å². The van der Waals surface area contributed by atoms with Crippen molar-refractivity contribution in [3.8, 4) is 5.75 Å². The monoisotopic (exact) mass is 337 g/mol. The number of hydrogen-bond donors (Lipinski definition) is 1. The maximum Gasteiger partial charge on any atom is 0.119 e. The molecule has 0 aliphatic carbocycles. The average molecular weight is 337 g/mol. The molecule has 114 valence electrons. The largest absolute Gasteiger partial charge is 0.508 e. The molecule has 0 amide bonds. The quantitative estimate of drug-likeness (QED) is 0.640.